The molecular weight excluding hydrogens is 462 g/mol. The Hall–Kier alpha value is -3.15. The number of carbonyl (C=O) groups excluding carboxylic acids is 3. The highest BCUT2D eigenvalue weighted by Crippen LogP contribution is 2.38. The van der Waals surface area contributed by atoms with Gasteiger partial charge < -0.3 is 16.0 Å². The van der Waals surface area contributed by atoms with Crippen LogP contribution >= 0.6 is 0 Å². The summed E-state index contributed by atoms with van der Waals surface area (Å²) < 4.78 is 0. The van der Waals surface area contributed by atoms with Crippen molar-refractivity contribution < 1.29 is 14.4 Å². The van der Waals surface area contributed by atoms with Crippen LogP contribution in [0.2, 0.25) is 0 Å². The number of hydrogen-bond donors (Lipinski definition) is 2. The standard InChI is InChI=1S/C31H41N3O3/c1-21(2)19-26(28(35)20-34-18-9-8-12-22-11-6-7-17-27(22)34)24-15-10-16-25(30(32)36)29(24)33-31(37)23-13-4-3-5-14-23/h3-7,11,13-14,17,21,24-26,29H,8-10,12,15-16,18-20H2,1-2H3,(H2,32,36)(H,33,37)/t24?,25-,26+,29+/m1/s1. The van der Waals surface area contributed by atoms with Crippen molar-refractivity contribution >= 4 is 23.3 Å². The second-order valence-corrected chi connectivity index (χ2v) is 11.2. The summed E-state index contributed by atoms with van der Waals surface area (Å²) in [6.07, 6.45) is 6.18. The van der Waals surface area contributed by atoms with Crippen LogP contribution in [0.4, 0.5) is 5.69 Å². The number of aryl methyl sites for hydroxylation is 1. The molecule has 6 heteroatoms. The maximum absolute atomic E-state index is 14.1. The number of rotatable bonds is 9. The van der Waals surface area contributed by atoms with E-state index in [1.165, 1.54) is 5.56 Å². The molecule has 37 heavy (non-hydrogen) atoms. The molecule has 2 aromatic rings. The lowest BCUT2D eigenvalue weighted by Crippen LogP contribution is -2.55. The number of nitrogens with two attached hydrogens (primary N) is 1. The first-order chi connectivity index (χ1) is 17.8. The summed E-state index contributed by atoms with van der Waals surface area (Å²) in [5.74, 6) is -0.979. The largest absolute Gasteiger partial charge is 0.369 e. The Morgan fingerprint density at radius 2 is 1.70 bits per heavy atom. The van der Waals surface area contributed by atoms with Crippen molar-refractivity contribution in [2.45, 2.75) is 64.8 Å². The van der Waals surface area contributed by atoms with Gasteiger partial charge >= 0.3 is 0 Å². The van der Waals surface area contributed by atoms with Crippen molar-refractivity contribution in [3.8, 4) is 0 Å². The Balaban J connectivity index is 1.61. The molecule has 1 fully saturated rings. The number of primary amides is 1. The molecular formula is C31H41N3O3. The molecule has 0 radical (unpaired) electrons. The zero-order chi connectivity index (χ0) is 26.4. The molecule has 3 N–H and O–H groups in total. The molecule has 1 aliphatic heterocycles. The maximum atomic E-state index is 14.1. The Morgan fingerprint density at radius 1 is 0.973 bits per heavy atom. The van der Waals surface area contributed by atoms with E-state index in [0.29, 0.717) is 24.4 Å². The van der Waals surface area contributed by atoms with Crippen LogP contribution in [0.1, 0.15) is 68.3 Å². The molecule has 1 aliphatic carbocycles. The van der Waals surface area contributed by atoms with Crippen LogP contribution in [0.5, 0.6) is 0 Å². The number of ketones is 1. The Kier molecular flexibility index (Phi) is 9.01. The molecule has 1 unspecified atom stereocenters. The lowest BCUT2D eigenvalue weighted by atomic mass is 9.67. The van der Waals surface area contributed by atoms with Crippen LogP contribution in [-0.2, 0) is 16.0 Å². The van der Waals surface area contributed by atoms with E-state index in [1.807, 2.05) is 24.3 Å². The van der Waals surface area contributed by atoms with Gasteiger partial charge in [-0.05, 0) is 74.1 Å². The average molecular weight is 504 g/mol. The average Bonchev–Trinajstić information content (AvgIpc) is 3.10. The van der Waals surface area contributed by atoms with Crippen molar-refractivity contribution in [3.63, 3.8) is 0 Å². The summed E-state index contributed by atoms with van der Waals surface area (Å²) in [6.45, 7) is 5.48. The molecule has 4 atom stereocenters. The van der Waals surface area contributed by atoms with Crippen LogP contribution in [-0.4, -0.2) is 36.7 Å². The smallest absolute Gasteiger partial charge is 0.251 e. The minimum Gasteiger partial charge on any atom is -0.369 e. The summed E-state index contributed by atoms with van der Waals surface area (Å²) in [5, 5.41) is 3.15. The quantitative estimate of drug-likeness (QED) is 0.516. The molecule has 1 heterocycles. The highest BCUT2D eigenvalue weighted by atomic mass is 16.2. The molecule has 198 valence electrons. The highest BCUT2D eigenvalue weighted by Gasteiger charge is 2.43. The third-order valence-electron chi connectivity index (χ3n) is 8.11. The van der Waals surface area contributed by atoms with Crippen LogP contribution in [0.25, 0.3) is 0 Å². The second kappa shape index (κ2) is 12.4. The number of amides is 2. The number of anilines is 1. The summed E-state index contributed by atoms with van der Waals surface area (Å²) in [4.78, 5) is 42.0. The van der Waals surface area contributed by atoms with Crippen molar-refractivity contribution in [1.82, 2.24) is 5.32 Å². The first-order valence-corrected chi connectivity index (χ1v) is 13.9. The maximum Gasteiger partial charge on any atom is 0.251 e. The molecule has 0 bridgehead atoms. The van der Waals surface area contributed by atoms with E-state index in [4.69, 9.17) is 5.73 Å². The number of fused-ring (bicyclic) bond motifs is 1. The van der Waals surface area contributed by atoms with Gasteiger partial charge in [-0.25, -0.2) is 0 Å². The lowest BCUT2D eigenvalue weighted by molar-refractivity contribution is -0.129. The minimum atomic E-state index is -0.479. The number of para-hydroxylation sites is 1. The second-order valence-electron chi connectivity index (χ2n) is 11.2. The molecule has 2 amide bonds. The highest BCUT2D eigenvalue weighted by molar-refractivity contribution is 5.95. The van der Waals surface area contributed by atoms with Crippen molar-refractivity contribution in [2.24, 2.45) is 29.4 Å². The molecule has 1 saturated carbocycles. The van der Waals surface area contributed by atoms with E-state index >= 15 is 0 Å². The van der Waals surface area contributed by atoms with E-state index < -0.39 is 17.9 Å². The van der Waals surface area contributed by atoms with Gasteiger partial charge in [-0.3, -0.25) is 14.4 Å². The van der Waals surface area contributed by atoms with Gasteiger partial charge in [0.25, 0.3) is 5.91 Å². The van der Waals surface area contributed by atoms with E-state index in [9.17, 15) is 14.4 Å². The fourth-order valence-electron chi connectivity index (χ4n) is 6.33. The third kappa shape index (κ3) is 6.60. The van der Waals surface area contributed by atoms with Gasteiger partial charge in [0.15, 0.2) is 5.78 Å². The van der Waals surface area contributed by atoms with Gasteiger partial charge in [0.2, 0.25) is 5.91 Å². The zero-order valence-electron chi connectivity index (χ0n) is 22.2. The molecule has 2 aromatic carbocycles. The summed E-state index contributed by atoms with van der Waals surface area (Å²) in [6, 6.07) is 17.0. The fraction of sp³-hybridized carbons (Fsp3) is 0.516. The first-order valence-electron chi connectivity index (χ1n) is 13.9. The van der Waals surface area contributed by atoms with Gasteiger partial charge in [-0.2, -0.15) is 0 Å². The summed E-state index contributed by atoms with van der Waals surface area (Å²) in [7, 11) is 0. The van der Waals surface area contributed by atoms with Crippen molar-refractivity contribution in [2.75, 3.05) is 18.0 Å². The molecule has 4 rings (SSSR count). The van der Waals surface area contributed by atoms with Gasteiger partial charge in [0, 0.05) is 29.8 Å². The fourth-order valence-corrected chi connectivity index (χ4v) is 6.33. The van der Waals surface area contributed by atoms with Crippen molar-refractivity contribution in [3.05, 3.63) is 65.7 Å². The summed E-state index contributed by atoms with van der Waals surface area (Å²) in [5.41, 5.74) is 8.85. The predicted molar refractivity (Wildman–Crippen MR) is 147 cm³/mol. The molecule has 6 nitrogen and oxygen atoms in total. The topological polar surface area (TPSA) is 92.5 Å². The minimum absolute atomic E-state index is 0.129. The zero-order valence-corrected chi connectivity index (χ0v) is 22.2. The van der Waals surface area contributed by atoms with Crippen molar-refractivity contribution in [1.29, 1.82) is 0 Å². The monoisotopic (exact) mass is 503 g/mol. The van der Waals surface area contributed by atoms with Gasteiger partial charge in [0.1, 0.15) is 0 Å². The number of Topliss-reactive ketones (excluding diaryl/α,β-unsaturated/α-hetero) is 1. The van der Waals surface area contributed by atoms with Crippen LogP contribution in [0.3, 0.4) is 0 Å². The SMILES string of the molecule is CC(C)C[C@H](C(=O)CN1CCCCc2ccccc21)C1CCC[C@@H](C(N)=O)[C@H]1NC(=O)c1ccccc1. The number of carbonyl (C=O) groups is 3. The molecule has 2 aliphatic rings. The van der Waals surface area contributed by atoms with E-state index in [2.05, 4.69) is 42.3 Å². The molecule has 0 saturated heterocycles. The van der Waals surface area contributed by atoms with E-state index in [-0.39, 0.29) is 23.5 Å². The Morgan fingerprint density at radius 3 is 2.43 bits per heavy atom. The third-order valence-corrected chi connectivity index (χ3v) is 8.11. The number of hydrogen-bond acceptors (Lipinski definition) is 4. The van der Waals surface area contributed by atoms with Gasteiger partial charge in [-0.15, -0.1) is 0 Å². The van der Waals surface area contributed by atoms with Gasteiger partial charge in [0.05, 0.1) is 12.5 Å². The first kappa shape index (κ1) is 26.9. The Bertz CT molecular complexity index is 1080. The number of nitrogens with one attached hydrogen (secondary N) is 1. The number of benzene rings is 2. The van der Waals surface area contributed by atoms with E-state index in [0.717, 1.165) is 50.8 Å². The van der Waals surface area contributed by atoms with Crippen LogP contribution < -0.4 is 16.0 Å². The van der Waals surface area contributed by atoms with Crippen LogP contribution in [0.15, 0.2) is 54.6 Å². The van der Waals surface area contributed by atoms with E-state index in [1.54, 1.807) is 12.1 Å². The number of nitrogens with zero attached hydrogens (tertiary/aromatic N) is 1. The lowest BCUT2D eigenvalue weighted by Gasteiger charge is -2.42. The Labute approximate surface area is 221 Å². The summed E-state index contributed by atoms with van der Waals surface area (Å²) >= 11 is 0. The predicted octanol–water partition coefficient (Wildman–Crippen LogP) is 4.76. The molecule has 0 aromatic heterocycles. The molecule has 0 spiro atoms. The normalized spacial score (nSPS) is 22.6. The van der Waals surface area contributed by atoms with Gasteiger partial charge in [-0.1, -0.05) is 56.7 Å². The van der Waals surface area contributed by atoms with Crippen LogP contribution in [0, 0.1) is 23.7 Å².